The van der Waals surface area contributed by atoms with Crippen LogP contribution < -0.4 is 4.90 Å². The standard InChI is InChI=1S/C23H26N4O/c1-18-8-5-6-11-20(18)16-23(28)27-13-7-12-26(14-15-27)22-17-21(24-25-22)19-9-3-2-4-10-19/h2-6,8-11,17H,7,12-16H2,1H3,(H,24,25). The van der Waals surface area contributed by atoms with Crippen LogP contribution in [0.15, 0.2) is 60.7 Å². The van der Waals surface area contributed by atoms with Gasteiger partial charge in [-0.05, 0) is 30.0 Å². The van der Waals surface area contributed by atoms with Crippen molar-refractivity contribution in [3.05, 3.63) is 71.8 Å². The Morgan fingerprint density at radius 3 is 2.61 bits per heavy atom. The summed E-state index contributed by atoms with van der Waals surface area (Å²) in [6, 6.07) is 20.4. The van der Waals surface area contributed by atoms with Crippen molar-refractivity contribution in [2.75, 3.05) is 31.1 Å². The lowest BCUT2D eigenvalue weighted by Crippen LogP contribution is -2.36. The highest BCUT2D eigenvalue weighted by molar-refractivity contribution is 5.79. The topological polar surface area (TPSA) is 52.2 Å². The minimum atomic E-state index is 0.211. The summed E-state index contributed by atoms with van der Waals surface area (Å²) < 4.78 is 0. The molecule has 1 aromatic heterocycles. The van der Waals surface area contributed by atoms with E-state index in [2.05, 4.69) is 46.3 Å². The van der Waals surface area contributed by atoms with Gasteiger partial charge < -0.3 is 9.80 Å². The second-order valence-electron chi connectivity index (χ2n) is 7.33. The van der Waals surface area contributed by atoms with Crippen molar-refractivity contribution in [1.82, 2.24) is 15.1 Å². The van der Waals surface area contributed by atoms with Gasteiger partial charge in [0.1, 0.15) is 0 Å². The third-order valence-electron chi connectivity index (χ3n) is 5.42. The lowest BCUT2D eigenvalue weighted by molar-refractivity contribution is -0.130. The minimum Gasteiger partial charge on any atom is -0.353 e. The first-order valence-electron chi connectivity index (χ1n) is 9.89. The average molecular weight is 374 g/mol. The number of aromatic nitrogens is 2. The fourth-order valence-electron chi connectivity index (χ4n) is 3.72. The molecule has 0 atom stereocenters. The second kappa shape index (κ2) is 8.30. The average Bonchev–Trinajstić information content (AvgIpc) is 3.08. The molecule has 28 heavy (non-hydrogen) atoms. The summed E-state index contributed by atoms with van der Waals surface area (Å²) in [5, 5.41) is 7.65. The summed E-state index contributed by atoms with van der Waals surface area (Å²) in [5.41, 5.74) is 4.45. The molecule has 1 fully saturated rings. The lowest BCUT2D eigenvalue weighted by Gasteiger charge is -2.22. The summed E-state index contributed by atoms with van der Waals surface area (Å²) in [6.07, 6.45) is 1.43. The number of hydrogen-bond donors (Lipinski definition) is 1. The van der Waals surface area contributed by atoms with Crippen LogP contribution in [0.1, 0.15) is 17.5 Å². The Balaban J connectivity index is 1.39. The van der Waals surface area contributed by atoms with E-state index in [4.69, 9.17) is 0 Å². The largest absolute Gasteiger partial charge is 0.353 e. The van der Waals surface area contributed by atoms with E-state index in [0.29, 0.717) is 6.42 Å². The highest BCUT2D eigenvalue weighted by Gasteiger charge is 2.21. The van der Waals surface area contributed by atoms with E-state index < -0.39 is 0 Å². The number of hydrogen-bond acceptors (Lipinski definition) is 3. The molecule has 5 heteroatoms. The molecular weight excluding hydrogens is 348 g/mol. The van der Waals surface area contributed by atoms with Crippen molar-refractivity contribution in [1.29, 1.82) is 0 Å². The van der Waals surface area contributed by atoms with Crippen LogP contribution in [0.25, 0.3) is 11.3 Å². The van der Waals surface area contributed by atoms with Crippen molar-refractivity contribution in [3.8, 4) is 11.3 Å². The Labute approximate surface area is 166 Å². The number of benzene rings is 2. The van der Waals surface area contributed by atoms with E-state index >= 15 is 0 Å². The highest BCUT2D eigenvalue weighted by Crippen LogP contribution is 2.22. The molecule has 0 bridgehead atoms. The van der Waals surface area contributed by atoms with Crippen molar-refractivity contribution in [2.24, 2.45) is 0 Å². The number of carbonyl (C=O) groups excluding carboxylic acids is 1. The predicted octanol–water partition coefficient (Wildman–Crippen LogP) is 3.67. The fraction of sp³-hybridized carbons (Fsp3) is 0.304. The first kappa shape index (κ1) is 18.3. The zero-order chi connectivity index (χ0) is 19.3. The van der Waals surface area contributed by atoms with Gasteiger partial charge in [0.25, 0.3) is 0 Å². The molecule has 1 aliphatic rings. The molecule has 144 valence electrons. The van der Waals surface area contributed by atoms with Gasteiger partial charge in [-0.2, -0.15) is 5.10 Å². The van der Waals surface area contributed by atoms with Gasteiger partial charge >= 0.3 is 0 Å². The first-order chi connectivity index (χ1) is 13.7. The maximum Gasteiger partial charge on any atom is 0.227 e. The molecule has 0 aliphatic carbocycles. The Kier molecular flexibility index (Phi) is 5.42. The van der Waals surface area contributed by atoms with Crippen LogP contribution in [0.4, 0.5) is 5.82 Å². The molecule has 1 saturated heterocycles. The maximum atomic E-state index is 12.8. The van der Waals surface area contributed by atoms with Gasteiger partial charge in [0.05, 0.1) is 12.1 Å². The molecule has 3 aromatic rings. The van der Waals surface area contributed by atoms with E-state index in [-0.39, 0.29) is 5.91 Å². The Morgan fingerprint density at radius 2 is 1.79 bits per heavy atom. The van der Waals surface area contributed by atoms with Gasteiger partial charge in [-0.25, -0.2) is 0 Å². The number of carbonyl (C=O) groups is 1. The van der Waals surface area contributed by atoms with E-state index in [1.165, 1.54) is 5.56 Å². The Hall–Kier alpha value is -3.08. The number of nitrogens with zero attached hydrogens (tertiary/aromatic N) is 3. The monoisotopic (exact) mass is 374 g/mol. The van der Waals surface area contributed by atoms with Gasteiger partial charge in [-0.1, -0.05) is 54.6 Å². The number of amides is 1. The molecule has 1 N–H and O–H groups in total. The number of aryl methyl sites for hydroxylation is 1. The smallest absolute Gasteiger partial charge is 0.227 e. The molecule has 2 aromatic carbocycles. The van der Waals surface area contributed by atoms with Crippen LogP contribution in [0.2, 0.25) is 0 Å². The van der Waals surface area contributed by atoms with Gasteiger partial charge in [0.2, 0.25) is 5.91 Å². The minimum absolute atomic E-state index is 0.211. The van der Waals surface area contributed by atoms with Gasteiger partial charge in [0, 0.05) is 32.2 Å². The zero-order valence-corrected chi connectivity index (χ0v) is 16.3. The number of aromatic amines is 1. The van der Waals surface area contributed by atoms with Crippen LogP contribution in [0, 0.1) is 6.92 Å². The summed E-state index contributed by atoms with van der Waals surface area (Å²) in [5.74, 6) is 1.16. The number of rotatable bonds is 4. The molecule has 0 spiro atoms. The Morgan fingerprint density at radius 1 is 1.00 bits per heavy atom. The summed E-state index contributed by atoms with van der Waals surface area (Å²) in [7, 11) is 0. The van der Waals surface area contributed by atoms with Crippen LogP contribution >= 0.6 is 0 Å². The van der Waals surface area contributed by atoms with Crippen molar-refractivity contribution >= 4 is 11.7 Å². The maximum absolute atomic E-state index is 12.8. The molecular formula is C23H26N4O. The third kappa shape index (κ3) is 4.09. The quantitative estimate of drug-likeness (QED) is 0.758. The third-order valence-corrected chi connectivity index (χ3v) is 5.42. The molecule has 4 rings (SSSR count). The van der Waals surface area contributed by atoms with Crippen LogP contribution in [-0.4, -0.2) is 47.2 Å². The summed E-state index contributed by atoms with van der Waals surface area (Å²) in [6.45, 7) is 5.32. The predicted molar refractivity (Wildman–Crippen MR) is 112 cm³/mol. The SMILES string of the molecule is Cc1ccccc1CC(=O)N1CCCN(c2cc(-c3ccccc3)[nH]n2)CC1. The zero-order valence-electron chi connectivity index (χ0n) is 16.3. The summed E-state index contributed by atoms with van der Waals surface area (Å²) in [4.78, 5) is 17.1. The number of anilines is 1. The van der Waals surface area contributed by atoms with Crippen molar-refractivity contribution in [3.63, 3.8) is 0 Å². The van der Waals surface area contributed by atoms with Crippen molar-refractivity contribution < 1.29 is 4.79 Å². The van der Waals surface area contributed by atoms with Gasteiger partial charge in [-0.3, -0.25) is 9.89 Å². The van der Waals surface area contributed by atoms with Gasteiger partial charge in [0.15, 0.2) is 5.82 Å². The van der Waals surface area contributed by atoms with E-state index in [1.54, 1.807) is 0 Å². The molecule has 0 unspecified atom stereocenters. The van der Waals surface area contributed by atoms with E-state index in [1.807, 2.05) is 41.3 Å². The first-order valence-corrected chi connectivity index (χ1v) is 9.89. The van der Waals surface area contributed by atoms with Crippen LogP contribution in [0.3, 0.4) is 0 Å². The number of H-pyrrole nitrogens is 1. The summed E-state index contributed by atoms with van der Waals surface area (Å²) >= 11 is 0. The van der Waals surface area contributed by atoms with Crippen molar-refractivity contribution in [2.45, 2.75) is 19.8 Å². The van der Waals surface area contributed by atoms with E-state index in [0.717, 1.165) is 55.2 Å². The molecule has 0 radical (unpaired) electrons. The normalized spacial score (nSPS) is 14.8. The van der Waals surface area contributed by atoms with Gasteiger partial charge in [-0.15, -0.1) is 0 Å². The van der Waals surface area contributed by atoms with Crippen LogP contribution in [0.5, 0.6) is 0 Å². The molecule has 0 saturated carbocycles. The Bertz CT molecular complexity index is 935. The molecule has 5 nitrogen and oxygen atoms in total. The fourth-order valence-corrected chi connectivity index (χ4v) is 3.72. The second-order valence-corrected chi connectivity index (χ2v) is 7.33. The van der Waals surface area contributed by atoms with E-state index in [9.17, 15) is 4.79 Å². The molecule has 2 heterocycles. The molecule has 1 amide bonds. The highest BCUT2D eigenvalue weighted by atomic mass is 16.2. The molecule has 1 aliphatic heterocycles. The van der Waals surface area contributed by atoms with Crippen LogP contribution in [-0.2, 0) is 11.2 Å². The number of nitrogens with one attached hydrogen (secondary N) is 1. The lowest BCUT2D eigenvalue weighted by atomic mass is 10.1.